The summed E-state index contributed by atoms with van der Waals surface area (Å²) in [6.45, 7) is 1.73. The van der Waals surface area contributed by atoms with E-state index in [9.17, 15) is 14.0 Å². The van der Waals surface area contributed by atoms with Gasteiger partial charge in [-0.25, -0.2) is 9.37 Å². The minimum absolute atomic E-state index is 0.249. The third-order valence-electron chi connectivity index (χ3n) is 3.78. The lowest BCUT2D eigenvalue weighted by molar-refractivity contribution is 0.0997. The number of carbonyl (C=O) groups is 2. The van der Waals surface area contributed by atoms with E-state index in [0.717, 1.165) is 0 Å². The number of benzene rings is 2. The van der Waals surface area contributed by atoms with E-state index in [1.54, 1.807) is 43.3 Å². The lowest BCUT2D eigenvalue weighted by Crippen LogP contribution is -2.13. The Kier molecular flexibility index (Phi) is 5.12. The summed E-state index contributed by atoms with van der Waals surface area (Å²) in [5.41, 5.74) is 6.90. The lowest BCUT2D eigenvalue weighted by Gasteiger charge is -2.09. The van der Waals surface area contributed by atoms with Gasteiger partial charge in [0.15, 0.2) is 0 Å². The zero-order valence-corrected chi connectivity index (χ0v) is 14.4. The number of nitrogens with one attached hydrogen (secondary N) is 1. The summed E-state index contributed by atoms with van der Waals surface area (Å²) in [7, 11) is 0. The van der Waals surface area contributed by atoms with Crippen molar-refractivity contribution in [2.24, 2.45) is 5.73 Å². The molecule has 6 nitrogen and oxygen atoms in total. The van der Waals surface area contributed by atoms with E-state index >= 15 is 0 Å². The van der Waals surface area contributed by atoms with E-state index in [1.807, 2.05) is 0 Å². The van der Waals surface area contributed by atoms with Crippen molar-refractivity contribution >= 4 is 17.5 Å². The molecule has 0 saturated carbocycles. The molecule has 2 aromatic carbocycles. The lowest BCUT2D eigenvalue weighted by atomic mass is 10.1. The van der Waals surface area contributed by atoms with Crippen LogP contribution in [0.3, 0.4) is 0 Å². The molecular formula is C20H16FN3O3. The van der Waals surface area contributed by atoms with Gasteiger partial charge in [0, 0.05) is 17.2 Å². The fraction of sp³-hybridized carbons (Fsp3) is 0.0500. The number of pyridine rings is 1. The maximum absolute atomic E-state index is 13.3. The number of ether oxygens (including phenoxy) is 1. The van der Waals surface area contributed by atoms with Crippen LogP contribution in [0.2, 0.25) is 0 Å². The highest BCUT2D eigenvalue weighted by molar-refractivity contribution is 6.05. The Morgan fingerprint density at radius 2 is 1.93 bits per heavy atom. The van der Waals surface area contributed by atoms with E-state index in [-0.39, 0.29) is 11.4 Å². The summed E-state index contributed by atoms with van der Waals surface area (Å²) in [5.74, 6) is -0.788. The van der Waals surface area contributed by atoms with Gasteiger partial charge < -0.3 is 15.8 Å². The molecule has 0 aliphatic heterocycles. The van der Waals surface area contributed by atoms with Crippen LogP contribution < -0.4 is 15.8 Å². The van der Waals surface area contributed by atoms with Crippen molar-refractivity contribution in [2.45, 2.75) is 6.92 Å². The number of hydrogen-bond donors (Lipinski definition) is 2. The first kappa shape index (κ1) is 18.1. The molecule has 3 N–H and O–H groups in total. The van der Waals surface area contributed by atoms with Crippen LogP contribution in [0.5, 0.6) is 11.6 Å². The number of halogens is 1. The number of aromatic nitrogens is 1. The van der Waals surface area contributed by atoms with Gasteiger partial charge in [0.05, 0.1) is 11.9 Å². The molecule has 136 valence electrons. The number of hydrogen-bond acceptors (Lipinski definition) is 4. The van der Waals surface area contributed by atoms with Crippen molar-refractivity contribution in [1.82, 2.24) is 4.98 Å². The van der Waals surface area contributed by atoms with Crippen LogP contribution >= 0.6 is 0 Å². The zero-order valence-electron chi connectivity index (χ0n) is 14.4. The van der Waals surface area contributed by atoms with Crippen LogP contribution in [0.4, 0.5) is 10.1 Å². The summed E-state index contributed by atoms with van der Waals surface area (Å²) in [5, 5.41) is 2.66. The number of anilines is 1. The molecule has 0 fully saturated rings. The van der Waals surface area contributed by atoms with Crippen LogP contribution in [0.1, 0.15) is 26.3 Å². The highest BCUT2D eigenvalue weighted by Crippen LogP contribution is 2.22. The molecule has 0 unspecified atom stereocenters. The van der Waals surface area contributed by atoms with Gasteiger partial charge >= 0.3 is 0 Å². The molecule has 0 radical (unpaired) electrons. The summed E-state index contributed by atoms with van der Waals surface area (Å²) in [4.78, 5) is 27.6. The predicted molar refractivity (Wildman–Crippen MR) is 98.4 cm³/mol. The average molecular weight is 365 g/mol. The number of primary amides is 1. The molecule has 0 bridgehead atoms. The summed E-state index contributed by atoms with van der Waals surface area (Å²) < 4.78 is 18.9. The molecule has 27 heavy (non-hydrogen) atoms. The van der Waals surface area contributed by atoms with Gasteiger partial charge in [0.2, 0.25) is 11.8 Å². The monoisotopic (exact) mass is 365 g/mol. The second-order valence-electron chi connectivity index (χ2n) is 5.79. The second-order valence-corrected chi connectivity index (χ2v) is 5.79. The second kappa shape index (κ2) is 7.65. The van der Waals surface area contributed by atoms with E-state index in [4.69, 9.17) is 10.5 Å². The SMILES string of the molecule is Cc1ccc(F)cc1C(=O)Nc1ccc(Oc2cccc(C(N)=O)c2)nc1. The Morgan fingerprint density at radius 3 is 2.63 bits per heavy atom. The van der Waals surface area contributed by atoms with Crippen molar-refractivity contribution < 1.29 is 18.7 Å². The van der Waals surface area contributed by atoms with Gasteiger partial charge in [-0.15, -0.1) is 0 Å². The Bertz CT molecular complexity index is 1000. The topological polar surface area (TPSA) is 94.3 Å². The quantitative estimate of drug-likeness (QED) is 0.721. The van der Waals surface area contributed by atoms with Crippen LogP contribution in [0.25, 0.3) is 0 Å². The minimum atomic E-state index is -0.556. The van der Waals surface area contributed by atoms with E-state index in [1.165, 1.54) is 24.4 Å². The summed E-state index contributed by atoms with van der Waals surface area (Å²) >= 11 is 0. The van der Waals surface area contributed by atoms with Crippen molar-refractivity contribution in [3.63, 3.8) is 0 Å². The fourth-order valence-corrected chi connectivity index (χ4v) is 2.39. The van der Waals surface area contributed by atoms with Crippen molar-refractivity contribution in [2.75, 3.05) is 5.32 Å². The Labute approximate surface area is 154 Å². The number of aryl methyl sites for hydroxylation is 1. The number of amides is 2. The normalized spacial score (nSPS) is 10.3. The number of nitrogens with zero attached hydrogens (tertiary/aromatic N) is 1. The molecule has 0 saturated heterocycles. The standard InChI is InChI=1S/C20H16FN3O3/c1-12-5-6-14(21)10-17(12)20(26)24-15-7-8-18(23-11-15)27-16-4-2-3-13(9-16)19(22)25/h2-11H,1H3,(H2,22,25)(H,24,26). The van der Waals surface area contributed by atoms with Gasteiger partial charge in [-0.3, -0.25) is 9.59 Å². The molecule has 0 spiro atoms. The smallest absolute Gasteiger partial charge is 0.256 e. The first-order valence-corrected chi connectivity index (χ1v) is 8.03. The molecule has 2 amide bonds. The highest BCUT2D eigenvalue weighted by atomic mass is 19.1. The maximum atomic E-state index is 13.3. The molecule has 3 aromatic rings. The molecule has 0 aliphatic carbocycles. The molecule has 0 aliphatic rings. The minimum Gasteiger partial charge on any atom is -0.439 e. The molecular weight excluding hydrogens is 349 g/mol. The van der Waals surface area contributed by atoms with Crippen LogP contribution in [-0.4, -0.2) is 16.8 Å². The Balaban J connectivity index is 1.70. The molecule has 1 heterocycles. The van der Waals surface area contributed by atoms with Crippen LogP contribution in [-0.2, 0) is 0 Å². The third-order valence-corrected chi connectivity index (χ3v) is 3.78. The predicted octanol–water partition coefficient (Wildman–Crippen LogP) is 3.67. The third kappa shape index (κ3) is 4.46. The number of rotatable bonds is 5. The van der Waals surface area contributed by atoms with Crippen molar-refractivity contribution in [3.8, 4) is 11.6 Å². The Hall–Kier alpha value is -3.74. The average Bonchev–Trinajstić information content (AvgIpc) is 2.65. The largest absolute Gasteiger partial charge is 0.439 e. The van der Waals surface area contributed by atoms with Crippen molar-refractivity contribution in [3.05, 3.63) is 83.3 Å². The van der Waals surface area contributed by atoms with Gasteiger partial charge in [-0.1, -0.05) is 12.1 Å². The van der Waals surface area contributed by atoms with E-state index in [0.29, 0.717) is 22.6 Å². The van der Waals surface area contributed by atoms with Crippen LogP contribution in [0, 0.1) is 12.7 Å². The zero-order chi connectivity index (χ0) is 19.4. The van der Waals surface area contributed by atoms with Crippen LogP contribution in [0.15, 0.2) is 60.8 Å². The molecule has 0 atom stereocenters. The number of nitrogens with two attached hydrogens (primary N) is 1. The summed E-state index contributed by atoms with van der Waals surface area (Å²) in [6.07, 6.45) is 1.42. The summed E-state index contributed by atoms with van der Waals surface area (Å²) in [6, 6.07) is 13.6. The first-order chi connectivity index (χ1) is 12.9. The molecule has 7 heteroatoms. The molecule has 3 rings (SSSR count). The van der Waals surface area contributed by atoms with Gasteiger partial charge in [-0.05, 0) is 48.9 Å². The van der Waals surface area contributed by atoms with Crippen molar-refractivity contribution in [1.29, 1.82) is 0 Å². The van der Waals surface area contributed by atoms with Gasteiger partial charge in [0.25, 0.3) is 5.91 Å². The fourth-order valence-electron chi connectivity index (χ4n) is 2.39. The van der Waals surface area contributed by atoms with E-state index in [2.05, 4.69) is 10.3 Å². The number of carbonyl (C=O) groups excluding carboxylic acids is 2. The maximum Gasteiger partial charge on any atom is 0.256 e. The van der Waals surface area contributed by atoms with Gasteiger partial charge in [-0.2, -0.15) is 0 Å². The van der Waals surface area contributed by atoms with Gasteiger partial charge in [0.1, 0.15) is 11.6 Å². The first-order valence-electron chi connectivity index (χ1n) is 8.03. The highest BCUT2D eigenvalue weighted by Gasteiger charge is 2.11. The molecule has 1 aromatic heterocycles. The van der Waals surface area contributed by atoms with E-state index < -0.39 is 17.6 Å². The Morgan fingerprint density at radius 1 is 1.11 bits per heavy atom.